The molecule has 1 aromatic carbocycles. The van der Waals surface area contributed by atoms with Gasteiger partial charge in [0, 0.05) is 30.1 Å². The average Bonchev–Trinajstić information content (AvgIpc) is 3.31. The normalized spacial score (nSPS) is 16.1. The molecule has 1 amide bonds. The molecule has 0 spiro atoms. The first-order valence-corrected chi connectivity index (χ1v) is 9.92. The summed E-state index contributed by atoms with van der Waals surface area (Å²) in [6.45, 7) is 3.03. The molecule has 138 valence electrons. The summed E-state index contributed by atoms with van der Waals surface area (Å²) in [5.74, 6) is 1.54. The Kier molecular flexibility index (Phi) is 4.18. The maximum absolute atomic E-state index is 12.7. The van der Waals surface area contributed by atoms with Gasteiger partial charge in [-0.3, -0.25) is 4.79 Å². The lowest BCUT2D eigenvalue weighted by Crippen LogP contribution is -2.38. The van der Waals surface area contributed by atoms with Crippen LogP contribution in [0, 0.1) is 0 Å². The average molecular weight is 402 g/mol. The van der Waals surface area contributed by atoms with Crippen LogP contribution in [0.5, 0.6) is 0 Å². The maximum atomic E-state index is 12.7. The van der Waals surface area contributed by atoms with Crippen LogP contribution in [0.25, 0.3) is 10.8 Å². The summed E-state index contributed by atoms with van der Waals surface area (Å²) in [5.41, 5.74) is 1.73. The number of thiazole rings is 1. The van der Waals surface area contributed by atoms with Gasteiger partial charge in [0.25, 0.3) is 5.91 Å². The van der Waals surface area contributed by atoms with Crippen molar-refractivity contribution in [1.82, 2.24) is 24.6 Å². The third-order valence-electron chi connectivity index (χ3n) is 4.82. The summed E-state index contributed by atoms with van der Waals surface area (Å²) in [7, 11) is 0. The van der Waals surface area contributed by atoms with Crippen LogP contribution in [0.1, 0.15) is 26.8 Å². The quantitative estimate of drug-likeness (QED) is 0.660. The highest BCUT2D eigenvalue weighted by atomic mass is 35.5. The van der Waals surface area contributed by atoms with Crippen molar-refractivity contribution in [2.24, 2.45) is 0 Å². The molecule has 0 aliphatic carbocycles. The second kappa shape index (κ2) is 6.70. The van der Waals surface area contributed by atoms with E-state index in [9.17, 15) is 4.79 Å². The van der Waals surface area contributed by atoms with Crippen LogP contribution >= 0.6 is 22.9 Å². The van der Waals surface area contributed by atoms with E-state index in [1.54, 1.807) is 40.5 Å². The first-order valence-electron chi connectivity index (χ1n) is 8.72. The number of ether oxygens (including phenoxy) is 1. The number of nitrogens with zero attached hydrogens (tertiary/aromatic N) is 5. The van der Waals surface area contributed by atoms with E-state index in [-0.39, 0.29) is 5.91 Å². The first kappa shape index (κ1) is 16.9. The highest BCUT2D eigenvalue weighted by Gasteiger charge is 2.27. The Balaban J connectivity index is 1.39. The number of halogens is 1. The molecule has 2 aliphatic heterocycles. The third kappa shape index (κ3) is 3.03. The maximum Gasteiger partial charge on any atom is 0.254 e. The predicted octanol–water partition coefficient (Wildman–Crippen LogP) is 2.78. The highest BCUT2D eigenvalue weighted by Crippen LogP contribution is 2.31. The number of hydrogen-bond acceptors (Lipinski definition) is 6. The number of amides is 1. The molecule has 5 rings (SSSR count). The largest absolute Gasteiger partial charge is 0.375 e. The van der Waals surface area contributed by atoms with E-state index in [0.717, 1.165) is 35.4 Å². The molecular formula is C18H16ClN5O2S. The van der Waals surface area contributed by atoms with E-state index in [1.807, 2.05) is 0 Å². The number of aromatic nitrogens is 4. The molecule has 0 saturated heterocycles. The van der Waals surface area contributed by atoms with Crippen molar-refractivity contribution >= 4 is 28.8 Å². The third-order valence-corrected chi connectivity index (χ3v) is 6.14. The SMILES string of the molecule is O=C(c1ccc(Cl)cc1)N1CCn2c(nnc2-c2nc3c(s2)COCC3)C1. The van der Waals surface area contributed by atoms with Crippen molar-refractivity contribution in [3.8, 4) is 10.8 Å². The number of rotatable bonds is 2. The predicted molar refractivity (Wildman–Crippen MR) is 101 cm³/mol. The number of carbonyl (C=O) groups excluding carboxylic acids is 1. The molecule has 2 aliphatic rings. The highest BCUT2D eigenvalue weighted by molar-refractivity contribution is 7.15. The van der Waals surface area contributed by atoms with Crippen molar-refractivity contribution in [2.75, 3.05) is 13.2 Å². The van der Waals surface area contributed by atoms with Crippen LogP contribution < -0.4 is 0 Å². The standard InChI is InChI=1S/C18H16ClN5O2S/c19-12-3-1-11(2-4-12)18(25)23-6-7-24-15(9-23)21-22-16(24)17-20-13-5-8-26-10-14(13)27-17/h1-4H,5-10H2. The fourth-order valence-electron chi connectivity index (χ4n) is 3.39. The molecular weight excluding hydrogens is 386 g/mol. The van der Waals surface area contributed by atoms with Gasteiger partial charge in [-0.2, -0.15) is 0 Å². The molecule has 9 heteroatoms. The molecule has 0 fully saturated rings. The number of carbonyl (C=O) groups is 1. The topological polar surface area (TPSA) is 73.1 Å². The molecule has 0 unspecified atom stereocenters. The summed E-state index contributed by atoms with van der Waals surface area (Å²) in [6.07, 6.45) is 0.843. The Morgan fingerprint density at radius 1 is 1.19 bits per heavy atom. The minimum atomic E-state index is -0.0238. The fourth-order valence-corrected chi connectivity index (χ4v) is 4.55. The zero-order valence-corrected chi connectivity index (χ0v) is 16.0. The van der Waals surface area contributed by atoms with Crippen molar-refractivity contribution in [3.63, 3.8) is 0 Å². The Bertz CT molecular complexity index is 990. The molecule has 4 heterocycles. The Morgan fingerprint density at radius 3 is 2.85 bits per heavy atom. The summed E-state index contributed by atoms with van der Waals surface area (Å²) in [5, 5.41) is 10.2. The van der Waals surface area contributed by atoms with Crippen molar-refractivity contribution in [1.29, 1.82) is 0 Å². The van der Waals surface area contributed by atoms with E-state index < -0.39 is 0 Å². The zero-order chi connectivity index (χ0) is 18.4. The molecule has 2 aromatic heterocycles. The molecule has 3 aromatic rings. The summed E-state index contributed by atoms with van der Waals surface area (Å²) in [4.78, 5) is 20.4. The van der Waals surface area contributed by atoms with Gasteiger partial charge in [0.15, 0.2) is 16.7 Å². The van der Waals surface area contributed by atoms with Gasteiger partial charge in [0.2, 0.25) is 0 Å². The van der Waals surface area contributed by atoms with Crippen LogP contribution in [0.2, 0.25) is 5.02 Å². The molecule has 0 radical (unpaired) electrons. The second-order valence-corrected chi connectivity index (χ2v) is 8.04. The lowest BCUT2D eigenvalue weighted by atomic mass is 10.2. The minimum absolute atomic E-state index is 0.0238. The zero-order valence-electron chi connectivity index (χ0n) is 14.4. The van der Waals surface area contributed by atoms with E-state index in [1.165, 1.54) is 4.88 Å². The Labute approximate surface area is 164 Å². The number of benzene rings is 1. The van der Waals surface area contributed by atoms with Gasteiger partial charge in [-0.25, -0.2) is 4.98 Å². The van der Waals surface area contributed by atoms with Crippen molar-refractivity contribution in [2.45, 2.75) is 26.1 Å². The van der Waals surface area contributed by atoms with Crippen LogP contribution in [-0.2, 0) is 30.9 Å². The van der Waals surface area contributed by atoms with E-state index in [2.05, 4.69) is 14.8 Å². The van der Waals surface area contributed by atoms with Gasteiger partial charge in [0.05, 0.1) is 30.3 Å². The van der Waals surface area contributed by atoms with Gasteiger partial charge >= 0.3 is 0 Å². The molecule has 7 nitrogen and oxygen atoms in total. The van der Waals surface area contributed by atoms with Gasteiger partial charge < -0.3 is 14.2 Å². The second-order valence-electron chi connectivity index (χ2n) is 6.52. The van der Waals surface area contributed by atoms with Gasteiger partial charge in [0.1, 0.15) is 0 Å². The van der Waals surface area contributed by atoms with Crippen LogP contribution in [0.3, 0.4) is 0 Å². The summed E-state index contributed by atoms with van der Waals surface area (Å²) in [6, 6.07) is 6.95. The van der Waals surface area contributed by atoms with Crippen LogP contribution in [0.15, 0.2) is 24.3 Å². The van der Waals surface area contributed by atoms with E-state index in [0.29, 0.717) is 36.8 Å². The molecule has 27 heavy (non-hydrogen) atoms. The molecule has 0 bridgehead atoms. The smallest absolute Gasteiger partial charge is 0.254 e. The monoisotopic (exact) mass is 401 g/mol. The fraction of sp³-hybridized carbons (Fsp3) is 0.333. The van der Waals surface area contributed by atoms with Gasteiger partial charge in [-0.05, 0) is 24.3 Å². The number of hydrogen-bond donors (Lipinski definition) is 0. The van der Waals surface area contributed by atoms with E-state index >= 15 is 0 Å². The lowest BCUT2D eigenvalue weighted by Gasteiger charge is -2.27. The molecule has 0 atom stereocenters. The van der Waals surface area contributed by atoms with Crippen molar-refractivity contribution in [3.05, 3.63) is 51.2 Å². The summed E-state index contributed by atoms with van der Waals surface area (Å²) >= 11 is 7.53. The Hall–Kier alpha value is -2.29. The first-order chi connectivity index (χ1) is 13.2. The lowest BCUT2D eigenvalue weighted by molar-refractivity contribution is 0.0708. The van der Waals surface area contributed by atoms with Gasteiger partial charge in [-0.1, -0.05) is 11.6 Å². The van der Waals surface area contributed by atoms with Crippen molar-refractivity contribution < 1.29 is 9.53 Å². The molecule has 0 N–H and O–H groups in total. The number of fused-ring (bicyclic) bond motifs is 2. The Morgan fingerprint density at radius 2 is 2.04 bits per heavy atom. The molecule has 0 saturated carbocycles. The van der Waals surface area contributed by atoms with Gasteiger partial charge in [-0.15, -0.1) is 21.5 Å². The van der Waals surface area contributed by atoms with Crippen LogP contribution in [0.4, 0.5) is 0 Å². The summed E-state index contributed by atoms with van der Waals surface area (Å²) < 4.78 is 7.57. The minimum Gasteiger partial charge on any atom is -0.375 e. The van der Waals surface area contributed by atoms with E-state index in [4.69, 9.17) is 21.3 Å². The van der Waals surface area contributed by atoms with Crippen LogP contribution in [-0.4, -0.2) is 43.7 Å².